The highest BCUT2D eigenvalue weighted by molar-refractivity contribution is 5.60. The lowest BCUT2D eigenvalue weighted by atomic mass is 10.0. The first-order valence-corrected chi connectivity index (χ1v) is 6.16. The number of ether oxygens (including phenoxy) is 1. The van der Waals surface area contributed by atoms with Gasteiger partial charge in [-0.15, -0.1) is 0 Å². The van der Waals surface area contributed by atoms with Crippen LogP contribution in [0.4, 0.5) is 5.69 Å². The smallest absolute Gasteiger partial charge is 0.142 e. The van der Waals surface area contributed by atoms with Gasteiger partial charge in [-0.1, -0.05) is 6.07 Å². The highest BCUT2D eigenvalue weighted by atomic mass is 16.5. The molecule has 1 aromatic rings. The van der Waals surface area contributed by atoms with Gasteiger partial charge in [-0.25, -0.2) is 0 Å². The fraction of sp³-hybridized carbons (Fsp3) is 0.571. The molecular formula is C14H22N2O. The zero-order valence-corrected chi connectivity index (χ0v) is 11.2. The van der Waals surface area contributed by atoms with E-state index in [9.17, 15) is 0 Å². The third-order valence-corrected chi connectivity index (χ3v) is 3.25. The van der Waals surface area contributed by atoms with E-state index in [2.05, 4.69) is 49.2 Å². The van der Waals surface area contributed by atoms with Crippen molar-refractivity contribution < 1.29 is 4.74 Å². The van der Waals surface area contributed by atoms with Crippen LogP contribution in [0.25, 0.3) is 0 Å². The van der Waals surface area contributed by atoms with Crippen molar-refractivity contribution in [3.8, 4) is 5.75 Å². The number of hydrogen-bond donors (Lipinski definition) is 1. The van der Waals surface area contributed by atoms with E-state index < -0.39 is 0 Å². The Morgan fingerprint density at radius 2 is 2.12 bits per heavy atom. The Kier molecular flexibility index (Phi) is 3.29. The molecule has 1 aliphatic rings. The van der Waals surface area contributed by atoms with Crippen LogP contribution < -0.4 is 15.0 Å². The Morgan fingerprint density at radius 3 is 2.76 bits per heavy atom. The SMILES string of the molecule is COc1ccc(C)cc1N1CCNC(C)(C)C1. The molecule has 3 heteroatoms. The average molecular weight is 234 g/mol. The molecule has 0 saturated carbocycles. The number of nitrogens with one attached hydrogen (secondary N) is 1. The molecule has 0 aromatic heterocycles. The second-order valence-corrected chi connectivity index (χ2v) is 5.41. The van der Waals surface area contributed by atoms with Crippen molar-refractivity contribution in [2.75, 3.05) is 31.6 Å². The minimum absolute atomic E-state index is 0.160. The normalized spacial score (nSPS) is 19.2. The molecule has 0 aliphatic carbocycles. The molecule has 0 amide bonds. The molecule has 0 atom stereocenters. The summed E-state index contributed by atoms with van der Waals surface area (Å²) < 4.78 is 5.46. The molecule has 1 aromatic carbocycles. The molecular weight excluding hydrogens is 212 g/mol. The Labute approximate surface area is 104 Å². The lowest BCUT2D eigenvalue weighted by Gasteiger charge is -2.40. The van der Waals surface area contributed by atoms with E-state index in [0.717, 1.165) is 25.4 Å². The van der Waals surface area contributed by atoms with Crippen molar-refractivity contribution in [1.82, 2.24) is 5.32 Å². The minimum atomic E-state index is 0.160. The number of anilines is 1. The van der Waals surface area contributed by atoms with Crippen LogP contribution in [-0.4, -0.2) is 32.3 Å². The maximum absolute atomic E-state index is 5.46. The monoisotopic (exact) mass is 234 g/mol. The van der Waals surface area contributed by atoms with Crippen LogP contribution in [0.3, 0.4) is 0 Å². The third kappa shape index (κ3) is 2.72. The summed E-state index contributed by atoms with van der Waals surface area (Å²) in [5, 5.41) is 3.53. The molecule has 3 nitrogen and oxygen atoms in total. The first kappa shape index (κ1) is 12.2. The number of aryl methyl sites for hydroxylation is 1. The predicted molar refractivity (Wildman–Crippen MR) is 72.0 cm³/mol. The van der Waals surface area contributed by atoms with Gasteiger partial charge in [0.15, 0.2) is 0 Å². The van der Waals surface area contributed by atoms with Crippen LogP contribution in [-0.2, 0) is 0 Å². The quantitative estimate of drug-likeness (QED) is 0.849. The molecule has 1 saturated heterocycles. The van der Waals surface area contributed by atoms with Gasteiger partial charge in [0, 0.05) is 25.2 Å². The topological polar surface area (TPSA) is 24.5 Å². The van der Waals surface area contributed by atoms with Gasteiger partial charge in [-0.2, -0.15) is 0 Å². The standard InChI is InChI=1S/C14H22N2O/c1-11-5-6-13(17-4)12(9-11)16-8-7-15-14(2,3)10-16/h5-6,9,15H,7-8,10H2,1-4H3. The molecule has 94 valence electrons. The molecule has 1 heterocycles. The van der Waals surface area contributed by atoms with Crippen molar-refractivity contribution in [1.29, 1.82) is 0 Å². The number of benzene rings is 1. The lowest BCUT2D eigenvalue weighted by molar-refractivity contribution is 0.348. The molecule has 1 N–H and O–H groups in total. The summed E-state index contributed by atoms with van der Waals surface area (Å²) >= 11 is 0. The van der Waals surface area contributed by atoms with Gasteiger partial charge in [0.1, 0.15) is 5.75 Å². The van der Waals surface area contributed by atoms with Crippen LogP contribution in [0, 0.1) is 6.92 Å². The highest BCUT2D eigenvalue weighted by Crippen LogP contribution is 2.31. The van der Waals surface area contributed by atoms with E-state index in [-0.39, 0.29) is 5.54 Å². The first-order chi connectivity index (χ1) is 8.02. The molecule has 2 rings (SSSR count). The van der Waals surface area contributed by atoms with Crippen LogP contribution in [0.5, 0.6) is 5.75 Å². The summed E-state index contributed by atoms with van der Waals surface area (Å²) in [7, 11) is 1.74. The van der Waals surface area contributed by atoms with Gasteiger partial charge in [-0.3, -0.25) is 0 Å². The summed E-state index contributed by atoms with van der Waals surface area (Å²) in [5.74, 6) is 0.966. The van der Waals surface area contributed by atoms with Crippen molar-refractivity contribution in [3.05, 3.63) is 23.8 Å². The van der Waals surface area contributed by atoms with E-state index in [1.165, 1.54) is 11.3 Å². The van der Waals surface area contributed by atoms with Gasteiger partial charge in [0.25, 0.3) is 0 Å². The number of methoxy groups -OCH3 is 1. The summed E-state index contributed by atoms with van der Waals surface area (Å²) in [6.45, 7) is 9.65. The fourth-order valence-electron chi connectivity index (χ4n) is 2.39. The molecule has 1 aliphatic heterocycles. The number of piperazine rings is 1. The van der Waals surface area contributed by atoms with E-state index in [1.807, 2.05) is 0 Å². The van der Waals surface area contributed by atoms with Crippen molar-refractivity contribution in [3.63, 3.8) is 0 Å². The zero-order valence-electron chi connectivity index (χ0n) is 11.2. The number of nitrogens with zero attached hydrogens (tertiary/aromatic N) is 1. The Bertz CT molecular complexity index is 401. The maximum atomic E-state index is 5.46. The summed E-state index contributed by atoms with van der Waals surface area (Å²) in [6, 6.07) is 6.36. The van der Waals surface area contributed by atoms with Crippen molar-refractivity contribution in [2.45, 2.75) is 26.3 Å². The summed E-state index contributed by atoms with van der Waals surface area (Å²) in [5.41, 5.74) is 2.65. The van der Waals surface area contributed by atoms with Crippen LogP contribution in [0.15, 0.2) is 18.2 Å². The predicted octanol–water partition coefficient (Wildman–Crippen LogP) is 2.19. The van der Waals surface area contributed by atoms with Crippen LogP contribution in [0.2, 0.25) is 0 Å². The average Bonchev–Trinajstić information content (AvgIpc) is 2.27. The Balaban J connectivity index is 2.29. The van der Waals surface area contributed by atoms with E-state index in [1.54, 1.807) is 7.11 Å². The molecule has 0 unspecified atom stereocenters. The number of hydrogen-bond acceptors (Lipinski definition) is 3. The lowest BCUT2D eigenvalue weighted by Crippen LogP contribution is -2.57. The van der Waals surface area contributed by atoms with Gasteiger partial charge in [-0.05, 0) is 38.5 Å². The molecule has 17 heavy (non-hydrogen) atoms. The first-order valence-electron chi connectivity index (χ1n) is 6.16. The summed E-state index contributed by atoms with van der Waals surface area (Å²) in [6.07, 6.45) is 0. The molecule has 0 radical (unpaired) electrons. The van der Waals surface area contributed by atoms with Crippen molar-refractivity contribution in [2.24, 2.45) is 0 Å². The van der Waals surface area contributed by atoms with Gasteiger partial charge in [0.2, 0.25) is 0 Å². The van der Waals surface area contributed by atoms with Gasteiger partial charge in [0.05, 0.1) is 12.8 Å². The Hall–Kier alpha value is -1.22. The zero-order chi connectivity index (χ0) is 12.5. The van der Waals surface area contributed by atoms with E-state index >= 15 is 0 Å². The molecule has 0 bridgehead atoms. The van der Waals surface area contributed by atoms with E-state index in [0.29, 0.717) is 0 Å². The molecule has 0 spiro atoms. The minimum Gasteiger partial charge on any atom is -0.495 e. The third-order valence-electron chi connectivity index (χ3n) is 3.25. The maximum Gasteiger partial charge on any atom is 0.142 e. The Morgan fingerprint density at radius 1 is 1.35 bits per heavy atom. The van der Waals surface area contributed by atoms with Crippen LogP contribution in [0.1, 0.15) is 19.4 Å². The van der Waals surface area contributed by atoms with Gasteiger partial charge >= 0.3 is 0 Å². The largest absolute Gasteiger partial charge is 0.495 e. The van der Waals surface area contributed by atoms with Crippen molar-refractivity contribution >= 4 is 5.69 Å². The fourth-order valence-corrected chi connectivity index (χ4v) is 2.39. The highest BCUT2D eigenvalue weighted by Gasteiger charge is 2.27. The molecule has 1 fully saturated rings. The second-order valence-electron chi connectivity index (χ2n) is 5.41. The second kappa shape index (κ2) is 4.57. The van der Waals surface area contributed by atoms with Crippen LogP contribution >= 0.6 is 0 Å². The van der Waals surface area contributed by atoms with E-state index in [4.69, 9.17) is 4.74 Å². The summed E-state index contributed by atoms with van der Waals surface area (Å²) in [4.78, 5) is 2.41. The van der Waals surface area contributed by atoms with Gasteiger partial charge < -0.3 is 15.0 Å². The number of rotatable bonds is 2.